The summed E-state index contributed by atoms with van der Waals surface area (Å²) in [4.78, 5) is 12.8. The first-order valence-corrected chi connectivity index (χ1v) is 8.78. The maximum absolute atomic E-state index is 12.8. The molecule has 2 aromatic carbocycles. The molecule has 0 bridgehead atoms. The van der Waals surface area contributed by atoms with Crippen molar-refractivity contribution in [2.75, 3.05) is 21.3 Å². The molecular formula is C21H23N3O4. The third kappa shape index (κ3) is 3.93. The SMILES string of the molecule is COc1ccc([C@H](C)NC(=O)c2cn[nH]c2-c2ccc(OC)c(OC)c2)cc1. The number of nitrogens with zero attached hydrogens (tertiary/aromatic N) is 1. The van der Waals surface area contributed by atoms with E-state index in [0.717, 1.165) is 16.9 Å². The first-order chi connectivity index (χ1) is 13.6. The molecule has 28 heavy (non-hydrogen) atoms. The highest BCUT2D eigenvalue weighted by Crippen LogP contribution is 2.32. The Morgan fingerprint density at radius 3 is 2.36 bits per heavy atom. The van der Waals surface area contributed by atoms with E-state index in [0.29, 0.717) is 22.8 Å². The van der Waals surface area contributed by atoms with Gasteiger partial charge in [0.15, 0.2) is 11.5 Å². The van der Waals surface area contributed by atoms with Crippen LogP contribution in [0, 0.1) is 0 Å². The minimum atomic E-state index is -0.221. The van der Waals surface area contributed by atoms with Gasteiger partial charge in [0.2, 0.25) is 0 Å². The molecule has 0 spiro atoms. The van der Waals surface area contributed by atoms with Crippen LogP contribution in [0.4, 0.5) is 0 Å². The largest absolute Gasteiger partial charge is 0.497 e. The number of hydrogen-bond acceptors (Lipinski definition) is 5. The summed E-state index contributed by atoms with van der Waals surface area (Å²) in [5.41, 5.74) is 2.82. The average Bonchev–Trinajstić information content (AvgIpc) is 3.23. The van der Waals surface area contributed by atoms with E-state index in [1.54, 1.807) is 33.5 Å². The molecule has 0 unspecified atom stereocenters. The zero-order chi connectivity index (χ0) is 20.1. The predicted molar refractivity (Wildman–Crippen MR) is 106 cm³/mol. The Labute approximate surface area is 163 Å². The smallest absolute Gasteiger partial charge is 0.255 e. The van der Waals surface area contributed by atoms with Gasteiger partial charge in [0.05, 0.1) is 44.8 Å². The molecule has 7 nitrogen and oxygen atoms in total. The molecule has 0 saturated heterocycles. The van der Waals surface area contributed by atoms with Gasteiger partial charge in [0.25, 0.3) is 5.91 Å². The molecule has 3 rings (SSSR count). The normalized spacial score (nSPS) is 11.6. The van der Waals surface area contributed by atoms with Crippen LogP contribution < -0.4 is 19.5 Å². The number of benzene rings is 2. The Kier molecular flexibility index (Phi) is 5.84. The standard InChI is InChI=1S/C21H23N3O4/c1-13(14-5-8-16(26-2)9-6-14)23-21(25)17-12-22-24-20(17)15-7-10-18(27-3)19(11-15)28-4/h5-13H,1-4H3,(H,22,24)(H,23,25)/t13-/m0/s1. The summed E-state index contributed by atoms with van der Waals surface area (Å²) < 4.78 is 15.8. The molecule has 1 aromatic heterocycles. The maximum Gasteiger partial charge on any atom is 0.255 e. The average molecular weight is 381 g/mol. The quantitative estimate of drug-likeness (QED) is 0.653. The van der Waals surface area contributed by atoms with E-state index in [4.69, 9.17) is 14.2 Å². The number of methoxy groups -OCH3 is 3. The molecule has 3 aromatic rings. The molecule has 0 saturated carbocycles. The van der Waals surface area contributed by atoms with Crippen LogP contribution in [0.5, 0.6) is 17.2 Å². The van der Waals surface area contributed by atoms with Gasteiger partial charge >= 0.3 is 0 Å². The highest BCUT2D eigenvalue weighted by molar-refractivity contribution is 6.00. The molecule has 0 aliphatic heterocycles. The minimum absolute atomic E-state index is 0.174. The lowest BCUT2D eigenvalue weighted by molar-refractivity contribution is 0.0940. The van der Waals surface area contributed by atoms with E-state index < -0.39 is 0 Å². The Bertz CT molecular complexity index is 951. The molecule has 1 amide bonds. The second-order valence-corrected chi connectivity index (χ2v) is 6.20. The van der Waals surface area contributed by atoms with Crippen molar-refractivity contribution in [3.8, 4) is 28.5 Å². The van der Waals surface area contributed by atoms with E-state index in [2.05, 4.69) is 15.5 Å². The van der Waals surface area contributed by atoms with Gasteiger partial charge in [0, 0.05) is 5.56 Å². The molecule has 0 aliphatic rings. The molecule has 0 aliphatic carbocycles. The summed E-state index contributed by atoms with van der Waals surface area (Å²) in [5, 5.41) is 9.94. The topological polar surface area (TPSA) is 85.5 Å². The summed E-state index contributed by atoms with van der Waals surface area (Å²) >= 11 is 0. The van der Waals surface area contributed by atoms with E-state index >= 15 is 0 Å². The van der Waals surface area contributed by atoms with Crippen LogP contribution in [-0.2, 0) is 0 Å². The third-order valence-corrected chi connectivity index (χ3v) is 4.52. The number of aromatic nitrogens is 2. The second-order valence-electron chi connectivity index (χ2n) is 6.20. The summed E-state index contributed by atoms with van der Waals surface area (Å²) in [6.45, 7) is 1.93. The Morgan fingerprint density at radius 2 is 1.71 bits per heavy atom. The Morgan fingerprint density at radius 1 is 1.00 bits per heavy atom. The number of carbonyl (C=O) groups is 1. The van der Waals surface area contributed by atoms with Crippen molar-refractivity contribution in [1.82, 2.24) is 15.5 Å². The zero-order valence-corrected chi connectivity index (χ0v) is 16.3. The van der Waals surface area contributed by atoms with Crippen molar-refractivity contribution in [2.24, 2.45) is 0 Å². The number of rotatable bonds is 7. The van der Waals surface area contributed by atoms with Gasteiger partial charge < -0.3 is 19.5 Å². The van der Waals surface area contributed by atoms with Crippen molar-refractivity contribution in [3.63, 3.8) is 0 Å². The molecule has 146 valence electrons. The highest BCUT2D eigenvalue weighted by Gasteiger charge is 2.19. The van der Waals surface area contributed by atoms with Gasteiger partial charge in [0.1, 0.15) is 5.75 Å². The van der Waals surface area contributed by atoms with Crippen LogP contribution in [-0.4, -0.2) is 37.4 Å². The van der Waals surface area contributed by atoms with Crippen LogP contribution in [0.1, 0.15) is 28.9 Å². The fourth-order valence-electron chi connectivity index (χ4n) is 2.92. The molecule has 1 atom stereocenters. The number of H-pyrrole nitrogens is 1. The summed E-state index contributed by atoms with van der Waals surface area (Å²) in [6.07, 6.45) is 1.52. The van der Waals surface area contributed by atoms with Crippen LogP contribution in [0.3, 0.4) is 0 Å². The van der Waals surface area contributed by atoms with Crippen LogP contribution >= 0.6 is 0 Å². The number of nitrogens with one attached hydrogen (secondary N) is 2. The van der Waals surface area contributed by atoms with Crippen molar-refractivity contribution < 1.29 is 19.0 Å². The summed E-state index contributed by atoms with van der Waals surface area (Å²) in [6, 6.07) is 12.8. The van der Waals surface area contributed by atoms with Gasteiger partial charge in [-0.2, -0.15) is 5.10 Å². The van der Waals surface area contributed by atoms with Gasteiger partial charge in [-0.05, 0) is 42.8 Å². The van der Waals surface area contributed by atoms with Crippen LogP contribution in [0.25, 0.3) is 11.3 Å². The number of ether oxygens (including phenoxy) is 3. The lowest BCUT2D eigenvalue weighted by Gasteiger charge is -2.15. The van der Waals surface area contributed by atoms with Gasteiger partial charge in [-0.3, -0.25) is 9.89 Å². The van der Waals surface area contributed by atoms with Crippen LogP contribution in [0.2, 0.25) is 0 Å². The number of hydrogen-bond donors (Lipinski definition) is 2. The molecule has 0 radical (unpaired) electrons. The summed E-state index contributed by atoms with van der Waals surface area (Å²) in [7, 11) is 4.76. The first kappa shape index (κ1) is 19.3. The molecule has 0 fully saturated rings. The van der Waals surface area contributed by atoms with E-state index in [1.807, 2.05) is 37.3 Å². The second kappa shape index (κ2) is 8.47. The van der Waals surface area contributed by atoms with Crippen molar-refractivity contribution in [1.29, 1.82) is 0 Å². The van der Waals surface area contributed by atoms with Gasteiger partial charge in [-0.15, -0.1) is 0 Å². The van der Waals surface area contributed by atoms with Gasteiger partial charge in [-0.1, -0.05) is 12.1 Å². The van der Waals surface area contributed by atoms with Crippen LogP contribution in [0.15, 0.2) is 48.7 Å². The minimum Gasteiger partial charge on any atom is -0.497 e. The van der Waals surface area contributed by atoms with E-state index in [9.17, 15) is 4.79 Å². The first-order valence-electron chi connectivity index (χ1n) is 8.78. The number of amides is 1. The lowest BCUT2D eigenvalue weighted by Crippen LogP contribution is -2.26. The maximum atomic E-state index is 12.8. The van der Waals surface area contributed by atoms with E-state index in [1.165, 1.54) is 6.20 Å². The highest BCUT2D eigenvalue weighted by atomic mass is 16.5. The lowest BCUT2D eigenvalue weighted by atomic mass is 10.1. The number of aromatic amines is 1. The Hall–Kier alpha value is -3.48. The summed E-state index contributed by atoms with van der Waals surface area (Å²) in [5.74, 6) is 1.74. The van der Waals surface area contributed by atoms with Gasteiger partial charge in [-0.25, -0.2) is 0 Å². The van der Waals surface area contributed by atoms with Crippen molar-refractivity contribution in [3.05, 3.63) is 59.8 Å². The fourth-order valence-corrected chi connectivity index (χ4v) is 2.92. The van der Waals surface area contributed by atoms with Crippen molar-refractivity contribution >= 4 is 5.91 Å². The molecule has 7 heteroatoms. The Balaban J connectivity index is 1.81. The predicted octanol–water partition coefficient (Wildman–Crippen LogP) is 3.59. The monoisotopic (exact) mass is 381 g/mol. The fraction of sp³-hybridized carbons (Fsp3) is 0.238. The molecule has 2 N–H and O–H groups in total. The third-order valence-electron chi connectivity index (χ3n) is 4.52. The van der Waals surface area contributed by atoms with E-state index in [-0.39, 0.29) is 11.9 Å². The zero-order valence-electron chi connectivity index (χ0n) is 16.3. The van der Waals surface area contributed by atoms with Crippen molar-refractivity contribution in [2.45, 2.75) is 13.0 Å². The molecular weight excluding hydrogens is 358 g/mol. The number of carbonyl (C=O) groups excluding carboxylic acids is 1. The molecule has 1 heterocycles.